The van der Waals surface area contributed by atoms with E-state index < -0.39 is 12.5 Å². The Kier molecular flexibility index (Phi) is 3.92. The Labute approximate surface area is 117 Å². The first kappa shape index (κ1) is 13.7. The molecule has 1 aliphatic heterocycles. The maximum atomic E-state index is 13.0. The van der Waals surface area contributed by atoms with Crippen molar-refractivity contribution in [3.63, 3.8) is 0 Å². The summed E-state index contributed by atoms with van der Waals surface area (Å²) in [6.07, 6.45) is -0.130. The maximum Gasteiger partial charge on any atom is 0.267 e. The summed E-state index contributed by atoms with van der Waals surface area (Å²) in [6.45, 7) is -0.346. The molecular formula is C12H11BrClF2NO. The molecule has 1 saturated heterocycles. The average Bonchev–Trinajstić information content (AvgIpc) is 2.64. The Balaban J connectivity index is 2.01. The van der Waals surface area contributed by atoms with E-state index in [1.807, 2.05) is 0 Å². The van der Waals surface area contributed by atoms with Gasteiger partial charge in [0.05, 0.1) is 18.0 Å². The van der Waals surface area contributed by atoms with E-state index in [0.29, 0.717) is 9.50 Å². The van der Waals surface area contributed by atoms with Gasteiger partial charge >= 0.3 is 0 Å². The molecule has 0 bridgehead atoms. The van der Waals surface area contributed by atoms with Gasteiger partial charge in [-0.2, -0.15) is 0 Å². The van der Waals surface area contributed by atoms with Crippen LogP contribution < -0.4 is 0 Å². The first-order valence-corrected chi connectivity index (χ1v) is 6.64. The summed E-state index contributed by atoms with van der Waals surface area (Å²) in [5, 5.41) is 0.555. The molecule has 0 spiro atoms. The summed E-state index contributed by atoms with van der Waals surface area (Å²) in [6, 6.07) is 5.13. The highest BCUT2D eigenvalue weighted by molar-refractivity contribution is 9.10. The summed E-state index contributed by atoms with van der Waals surface area (Å²) in [4.78, 5) is 13.1. The second kappa shape index (κ2) is 5.13. The van der Waals surface area contributed by atoms with E-state index in [1.165, 1.54) is 4.90 Å². The number of amides is 1. The lowest BCUT2D eigenvalue weighted by Gasteiger charge is -2.16. The first-order valence-electron chi connectivity index (χ1n) is 5.47. The summed E-state index contributed by atoms with van der Waals surface area (Å²) in [5.41, 5.74) is 0.756. The molecule has 2 rings (SSSR count). The van der Waals surface area contributed by atoms with E-state index in [4.69, 9.17) is 11.6 Å². The molecule has 0 N–H and O–H groups in total. The molecule has 1 aromatic carbocycles. The van der Waals surface area contributed by atoms with Gasteiger partial charge < -0.3 is 4.90 Å². The zero-order valence-electron chi connectivity index (χ0n) is 9.43. The number of hydrogen-bond donors (Lipinski definition) is 0. The van der Waals surface area contributed by atoms with Gasteiger partial charge in [0.15, 0.2) is 0 Å². The minimum absolute atomic E-state index is 0.117. The van der Waals surface area contributed by atoms with E-state index in [-0.39, 0.29) is 25.3 Å². The molecule has 1 aliphatic rings. The summed E-state index contributed by atoms with van der Waals surface area (Å²) in [7, 11) is 0. The van der Waals surface area contributed by atoms with Crippen LogP contribution in [-0.2, 0) is 11.2 Å². The molecule has 1 aromatic rings. The van der Waals surface area contributed by atoms with Crippen molar-refractivity contribution in [2.45, 2.75) is 18.8 Å². The normalized spacial score (nSPS) is 18.1. The third-order valence-corrected chi connectivity index (χ3v) is 4.08. The standard InChI is InChI=1S/C12H11BrClF2NO/c13-9-5-8(1-2-10(9)14)6-11(18)17-4-3-12(15,16)7-17/h1-2,5H,3-4,6-7H2. The number of halogens is 4. The number of nitrogens with zero attached hydrogens (tertiary/aromatic N) is 1. The van der Waals surface area contributed by atoms with Crippen LogP contribution in [0.2, 0.25) is 5.02 Å². The minimum atomic E-state index is -2.74. The number of rotatable bonds is 2. The summed E-state index contributed by atoms with van der Waals surface area (Å²) < 4.78 is 26.7. The monoisotopic (exact) mass is 337 g/mol. The van der Waals surface area contributed by atoms with Crippen LogP contribution in [-0.4, -0.2) is 29.8 Å². The van der Waals surface area contributed by atoms with Crippen LogP contribution >= 0.6 is 27.5 Å². The topological polar surface area (TPSA) is 20.3 Å². The second-order valence-corrected chi connectivity index (χ2v) is 5.61. The van der Waals surface area contributed by atoms with Gasteiger partial charge in [-0.3, -0.25) is 4.79 Å². The number of carbonyl (C=O) groups excluding carboxylic acids is 1. The van der Waals surface area contributed by atoms with Crippen LogP contribution in [0, 0.1) is 0 Å². The quantitative estimate of drug-likeness (QED) is 0.808. The van der Waals surface area contributed by atoms with Crippen molar-refractivity contribution in [1.29, 1.82) is 0 Å². The molecule has 18 heavy (non-hydrogen) atoms. The number of alkyl halides is 2. The van der Waals surface area contributed by atoms with Crippen LogP contribution in [0.25, 0.3) is 0 Å². The number of hydrogen-bond acceptors (Lipinski definition) is 1. The van der Waals surface area contributed by atoms with Crippen molar-refractivity contribution >= 4 is 33.4 Å². The third kappa shape index (κ3) is 3.20. The fraction of sp³-hybridized carbons (Fsp3) is 0.417. The fourth-order valence-corrected chi connectivity index (χ4v) is 2.43. The Hall–Kier alpha value is -0.680. The van der Waals surface area contributed by atoms with Gasteiger partial charge in [0.1, 0.15) is 0 Å². The van der Waals surface area contributed by atoms with Crippen molar-refractivity contribution in [3.8, 4) is 0 Å². The van der Waals surface area contributed by atoms with Gasteiger partial charge in [-0.1, -0.05) is 17.7 Å². The smallest absolute Gasteiger partial charge is 0.267 e. The zero-order chi connectivity index (χ0) is 13.3. The summed E-state index contributed by atoms with van der Waals surface area (Å²) in [5.74, 6) is -3.02. The molecule has 1 heterocycles. The highest BCUT2D eigenvalue weighted by atomic mass is 79.9. The molecule has 2 nitrogen and oxygen atoms in total. The van der Waals surface area contributed by atoms with Gasteiger partial charge in [-0.25, -0.2) is 8.78 Å². The number of carbonyl (C=O) groups is 1. The molecule has 0 unspecified atom stereocenters. The van der Waals surface area contributed by atoms with E-state index in [9.17, 15) is 13.6 Å². The second-order valence-electron chi connectivity index (χ2n) is 4.35. The minimum Gasteiger partial charge on any atom is -0.336 e. The SMILES string of the molecule is O=C(Cc1ccc(Cl)c(Br)c1)N1CCC(F)(F)C1. The molecule has 1 amide bonds. The molecule has 0 aromatic heterocycles. The molecule has 0 saturated carbocycles. The van der Waals surface area contributed by atoms with Crippen LogP contribution in [0.5, 0.6) is 0 Å². The van der Waals surface area contributed by atoms with Crippen LogP contribution in [0.15, 0.2) is 22.7 Å². The Morgan fingerprint density at radius 1 is 1.50 bits per heavy atom. The van der Waals surface area contributed by atoms with Crippen LogP contribution in [0.4, 0.5) is 8.78 Å². The molecule has 98 valence electrons. The van der Waals surface area contributed by atoms with Crippen LogP contribution in [0.1, 0.15) is 12.0 Å². The fourth-order valence-electron chi connectivity index (χ4n) is 1.88. The number of benzene rings is 1. The van der Waals surface area contributed by atoms with Gasteiger partial charge in [0, 0.05) is 17.4 Å². The summed E-state index contributed by atoms with van der Waals surface area (Å²) >= 11 is 9.10. The van der Waals surface area contributed by atoms with Crippen molar-refractivity contribution in [3.05, 3.63) is 33.3 Å². The zero-order valence-corrected chi connectivity index (χ0v) is 11.8. The highest BCUT2D eigenvalue weighted by Crippen LogP contribution is 2.28. The molecule has 0 aliphatic carbocycles. The van der Waals surface area contributed by atoms with Crippen molar-refractivity contribution in [1.82, 2.24) is 4.90 Å². The number of likely N-dealkylation sites (tertiary alicyclic amines) is 1. The van der Waals surface area contributed by atoms with Crippen LogP contribution in [0.3, 0.4) is 0 Å². The van der Waals surface area contributed by atoms with Gasteiger partial charge in [-0.05, 0) is 33.6 Å². The molecular weight excluding hydrogens is 327 g/mol. The van der Waals surface area contributed by atoms with Gasteiger partial charge in [0.25, 0.3) is 5.92 Å². The largest absolute Gasteiger partial charge is 0.336 e. The van der Waals surface area contributed by atoms with Crippen molar-refractivity contribution in [2.75, 3.05) is 13.1 Å². The van der Waals surface area contributed by atoms with E-state index in [0.717, 1.165) is 5.56 Å². The Bertz CT molecular complexity index is 481. The lowest BCUT2D eigenvalue weighted by Crippen LogP contribution is -2.32. The molecule has 0 atom stereocenters. The van der Waals surface area contributed by atoms with Crippen molar-refractivity contribution in [2.24, 2.45) is 0 Å². The Morgan fingerprint density at radius 3 is 2.78 bits per heavy atom. The molecule has 1 fully saturated rings. The maximum absolute atomic E-state index is 13.0. The van der Waals surface area contributed by atoms with E-state index in [2.05, 4.69) is 15.9 Å². The van der Waals surface area contributed by atoms with E-state index in [1.54, 1.807) is 18.2 Å². The van der Waals surface area contributed by atoms with E-state index >= 15 is 0 Å². The predicted molar refractivity (Wildman–Crippen MR) is 69.0 cm³/mol. The lowest BCUT2D eigenvalue weighted by atomic mass is 10.1. The average molecular weight is 339 g/mol. The molecule has 6 heteroatoms. The van der Waals surface area contributed by atoms with Gasteiger partial charge in [-0.15, -0.1) is 0 Å². The van der Waals surface area contributed by atoms with Gasteiger partial charge in [0.2, 0.25) is 5.91 Å². The Morgan fingerprint density at radius 2 is 2.22 bits per heavy atom. The first-order chi connectivity index (χ1) is 8.37. The highest BCUT2D eigenvalue weighted by Gasteiger charge is 2.39. The third-order valence-electron chi connectivity index (χ3n) is 2.86. The lowest BCUT2D eigenvalue weighted by molar-refractivity contribution is -0.130. The van der Waals surface area contributed by atoms with Crippen molar-refractivity contribution < 1.29 is 13.6 Å². The predicted octanol–water partition coefficient (Wildman–Crippen LogP) is 3.51. The molecule has 0 radical (unpaired) electrons.